The van der Waals surface area contributed by atoms with Crippen molar-refractivity contribution in [2.24, 2.45) is 11.3 Å². The van der Waals surface area contributed by atoms with Crippen LogP contribution in [-0.2, 0) is 0 Å². The maximum absolute atomic E-state index is 10.7. The largest absolute Gasteiger partial charge is 0.465 e. The predicted octanol–water partition coefficient (Wildman–Crippen LogP) is 2.59. The Hall–Kier alpha value is -0.990. The highest BCUT2D eigenvalue weighted by Gasteiger charge is 2.31. The third-order valence-corrected chi connectivity index (χ3v) is 2.91. The molecule has 1 aliphatic rings. The van der Waals surface area contributed by atoms with E-state index in [0.717, 1.165) is 6.42 Å². The van der Waals surface area contributed by atoms with E-state index in [9.17, 15) is 4.79 Å². The average molecular weight is 197 g/mol. The Morgan fingerprint density at radius 3 is 2.43 bits per heavy atom. The van der Waals surface area contributed by atoms with Gasteiger partial charge in [0.1, 0.15) is 0 Å². The molecule has 14 heavy (non-hydrogen) atoms. The number of rotatable bonds is 1. The molecule has 1 fully saturated rings. The Labute approximate surface area is 85.4 Å². The van der Waals surface area contributed by atoms with Crippen LogP contribution < -0.4 is 0 Å². The zero-order chi connectivity index (χ0) is 10.9. The summed E-state index contributed by atoms with van der Waals surface area (Å²) >= 11 is 0. The summed E-state index contributed by atoms with van der Waals surface area (Å²) in [6.07, 6.45) is 0.108. The normalized spacial score (nSPS) is 22.5. The molecule has 0 saturated carbocycles. The molecule has 1 atom stereocenters. The highest BCUT2D eigenvalue weighted by Crippen LogP contribution is 2.34. The quantitative estimate of drug-likeness (QED) is 0.656. The van der Waals surface area contributed by atoms with Gasteiger partial charge in [0.05, 0.1) is 0 Å². The fourth-order valence-electron chi connectivity index (χ4n) is 1.83. The van der Waals surface area contributed by atoms with E-state index in [4.69, 9.17) is 5.11 Å². The summed E-state index contributed by atoms with van der Waals surface area (Å²) in [5.41, 5.74) is 1.25. The van der Waals surface area contributed by atoms with Crippen molar-refractivity contribution in [3.05, 3.63) is 12.2 Å². The van der Waals surface area contributed by atoms with Gasteiger partial charge in [0, 0.05) is 13.1 Å². The van der Waals surface area contributed by atoms with Crippen molar-refractivity contribution in [2.45, 2.75) is 27.2 Å². The molecule has 1 unspecified atom stereocenters. The molecule has 1 heterocycles. The van der Waals surface area contributed by atoms with Gasteiger partial charge in [-0.3, -0.25) is 0 Å². The molecule has 0 radical (unpaired) electrons. The maximum atomic E-state index is 10.7. The Balaban J connectivity index is 2.59. The van der Waals surface area contributed by atoms with Crippen LogP contribution in [0.5, 0.6) is 0 Å². The van der Waals surface area contributed by atoms with E-state index in [1.807, 2.05) is 0 Å². The van der Waals surface area contributed by atoms with E-state index in [1.165, 1.54) is 10.5 Å². The summed E-state index contributed by atoms with van der Waals surface area (Å²) < 4.78 is 0. The molecule has 0 aromatic rings. The fourth-order valence-corrected chi connectivity index (χ4v) is 1.83. The molecule has 1 aliphatic heterocycles. The fraction of sp³-hybridized carbons (Fsp3) is 0.727. The molecule has 1 N–H and O–H groups in total. The molecule has 3 heteroatoms. The van der Waals surface area contributed by atoms with Gasteiger partial charge in [-0.15, -0.1) is 0 Å². The Kier molecular flexibility index (Phi) is 2.88. The lowest BCUT2D eigenvalue weighted by molar-refractivity contribution is 0.154. The van der Waals surface area contributed by atoms with Crippen LogP contribution in [0.2, 0.25) is 0 Å². The van der Waals surface area contributed by atoms with Crippen molar-refractivity contribution >= 4 is 6.09 Å². The molecule has 0 aromatic carbocycles. The lowest BCUT2D eigenvalue weighted by Crippen LogP contribution is -2.28. The summed E-state index contributed by atoms with van der Waals surface area (Å²) in [6, 6.07) is 0. The maximum Gasteiger partial charge on any atom is 0.407 e. The lowest BCUT2D eigenvalue weighted by atomic mass is 9.79. The molecular weight excluding hydrogens is 178 g/mol. The second kappa shape index (κ2) is 3.64. The molecule has 0 spiro atoms. The number of carboxylic acid groups (broad SMARTS) is 1. The smallest absolute Gasteiger partial charge is 0.407 e. The molecule has 0 aromatic heterocycles. The summed E-state index contributed by atoms with van der Waals surface area (Å²) in [4.78, 5) is 12.2. The van der Waals surface area contributed by atoms with E-state index < -0.39 is 6.09 Å². The van der Waals surface area contributed by atoms with Gasteiger partial charge in [-0.1, -0.05) is 32.9 Å². The highest BCUT2D eigenvalue weighted by molar-refractivity contribution is 5.65. The van der Waals surface area contributed by atoms with E-state index >= 15 is 0 Å². The van der Waals surface area contributed by atoms with Crippen LogP contribution in [0.4, 0.5) is 4.79 Å². The van der Waals surface area contributed by atoms with E-state index in [0.29, 0.717) is 19.0 Å². The van der Waals surface area contributed by atoms with Gasteiger partial charge in [-0.05, 0) is 17.8 Å². The summed E-state index contributed by atoms with van der Waals surface area (Å²) in [7, 11) is 0. The standard InChI is InChI=1S/C11H19NO2/c1-8(11(2,3)4)9-5-6-12(7-9)10(13)14/h9H,1,5-7H2,2-4H3,(H,13,14). The van der Waals surface area contributed by atoms with E-state index in [1.54, 1.807) is 0 Å². The number of amides is 1. The van der Waals surface area contributed by atoms with Gasteiger partial charge in [-0.2, -0.15) is 0 Å². The van der Waals surface area contributed by atoms with Crippen LogP contribution in [-0.4, -0.2) is 29.2 Å². The topological polar surface area (TPSA) is 40.5 Å². The Bertz CT molecular complexity index is 253. The first kappa shape index (κ1) is 11.1. The highest BCUT2D eigenvalue weighted by atomic mass is 16.4. The van der Waals surface area contributed by atoms with E-state index in [-0.39, 0.29) is 5.41 Å². The molecule has 1 saturated heterocycles. The van der Waals surface area contributed by atoms with Gasteiger partial charge >= 0.3 is 6.09 Å². The SMILES string of the molecule is C=C(C1CCN(C(=O)O)C1)C(C)(C)C. The first-order chi connectivity index (χ1) is 6.32. The molecule has 1 amide bonds. The average Bonchev–Trinajstić information content (AvgIpc) is 2.48. The molecule has 3 nitrogen and oxygen atoms in total. The van der Waals surface area contributed by atoms with Crippen LogP contribution in [0.15, 0.2) is 12.2 Å². The second-order valence-electron chi connectivity index (χ2n) is 4.99. The van der Waals surface area contributed by atoms with Gasteiger partial charge < -0.3 is 10.0 Å². The first-order valence-electron chi connectivity index (χ1n) is 4.99. The summed E-state index contributed by atoms with van der Waals surface area (Å²) in [6.45, 7) is 11.7. The van der Waals surface area contributed by atoms with Crippen LogP contribution in [0.3, 0.4) is 0 Å². The lowest BCUT2D eigenvalue weighted by Gasteiger charge is -2.26. The van der Waals surface area contributed by atoms with Crippen LogP contribution in [0.25, 0.3) is 0 Å². The number of likely N-dealkylation sites (tertiary alicyclic amines) is 1. The Morgan fingerprint density at radius 1 is 1.50 bits per heavy atom. The van der Waals surface area contributed by atoms with E-state index in [2.05, 4.69) is 27.4 Å². The third-order valence-electron chi connectivity index (χ3n) is 2.91. The second-order valence-corrected chi connectivity index (χ2v) is 4.99. The third kappa shape index (κ3) is 2.28. The van der Waals surface area contributed by atoms with Crippen molar-refractivity contribution in [1.29, 1.82) is 0 Å². The van der Waals surface area contributed by atoms with Crippen molar-refractivity contribution in [3.63, 3.8) is 0 Å². The van der Waals surface area contributed by atoms with Crippen LogP contribution in [0.1, 0.15) is 27.2 Å². The molecule has 0 aliphatic carbocycles. The Morgan fingerprint density at radius 2 is 2.07 bits per heavy atom. The zero-order valence-corrected chi connectivity index (χ0v) is 9.21. The minimum Gasteiger partial charge on any atom is -0.465 e. The zero-order valence-electron chi connectivity index (χ0n) is 9.21. The molecular formula is C11H19NO2. The van der Waals surface area contributed by atoms with Gasteiger partial charge in [0.25, 0.3) is 0 Å². The first-order valence-corrected chi connectivity index (χ1v) is 4.99. The van der Waals surface area contributed by atoms with Crippen molar-refractivity contribution in [2.75, 3.05) is 13.1 Å². The van der Waals surface area contributed by atoms with Crippen molar-refractivity contribution < 1.29 is 9.90 Å². The molecule has 1 rings (SSSR count). The summed E-state index contributed by atoms with van der Waals surface area (Å²) in [5.74, 6) is 0.339. The van der Waals surface area contributed by atoms with Gasteiger partial charge in [0.2, 0.25) is 0 Å². The number of carbonyl (C=O) groups is 1. The summed E-state index contributed by atoms with van der Waals surface area (Å²) in [5, 5.41) is 8.81. The van der Waals surface area contributed by atoms with Crippen molar-refractivity contribution in [3.8, 4) is 0 Å². The van der Waals surface area contributed by atoms with Crippen LogP contribution in [0, 0.1) is 11.3 Å². The number of hydrogen-bond donors (Lipinski definition) is 1. The van der Waals surface area contributed by atoms with Crippen LogP contribution >= 0.6 is 0 Å². The number of nitrogens with zero attached hydrogens (tertiary/aromatic N) is 1. The minimum absolute atomic E-state index is 0.0825. The van der Waals surface area contributed by atoms with Gasteiger partial charge in [0.15, 0.2) is 0 Å². The van der Waals surface area contributed by atoms with Crippen molar-refractivity contribution in [1.82, 2.24) is 4.90 Å². The molecule has 80 valence electrons. The predicted molar refractivity (Wildman–Crippen MR) is 56.3 cm³/mol. The minimum atomic E-state index is -0.811. The monoisotopic (exact) mass is 197 g/mol. The van der Waals surface area contributed by atoms with Gasteiger partial charge in [-0.25, -0.2) is 4.79 Å². The molecule has 0 bridgehead atoms. The number of hydrogen-bond acceptors (Lipinski definition) is 1.